The zero-order chi connectivity index (χ0) is 13.3. The molecule has 0 radical (unpaired) electrons. The Morgan fingerprint density at radius 1 is 1.56 bits per heavy atom. The van der Waals surface area contributed by atoms with Crippen molar-refractivity contribution in [3.8, 4) is 0 Å². The predicted octanol–water partition coefficient (Wildman–Crippen LogP) is 2.49. The highest BCUT2D eigenvalue weighted by Crippen LogP contribution is 2.26. The highest BCUT2D eigenvalue weighted by atomic mass is 35.5. The van der Waals surface area contributed by atoms with E-state index in [0.29, 0.717) is 23.0 Å². The van der Waals surface area contributed by atoms with Crippen LogP contribution in [0.2, 0.25) is 5.02 Å². The first kappa shape index (κ1) is 13.4. The third kappa shape index (κ3) is 2.38. The van der Waals surface area contributed by atoms with Gasteiger partial charge in [-0.2, -0.15) is 0 Å². The van der Waals surface area contributed by atoms with E-state index in [1.165, 1.54) is 0 Å². The van der Waals surface area contributed by atoms with E-state index in [9.17, 15) is 9.90 Å². The van der Waals surface area contributed by atoms with E-state index < -0.39 is 0 Å². The van der Waals surface area contributed by atoms with Crippen LogP contribution in [-0.4, -0.2) is 35.1 Å². The van der Waals surface area contributed by atoms with E-state index in [2.05, 4.69) is 6.92 Å². The summed E-state index contributed by atoms with van der Waals surface area (Å²) >= 11 is 6.04. The molecule has 3 nitrogen and oxygen atoms in total. The maximum atomic E-state index is 12.4. The van der Waals surface area contributed by atoms with Gasteiger partial charge < -0.3 is 10.0 Å². The first-order valence-corrected chi connectivity index (χ1v) is 6.60. The van der Waals surface area contributed by atoms with E-state index >= 15 is 0 Å². The summed E-state index contributed by atoms with van der Waals surface area (Å²) in [6, 6.07) is 5.28. The molecule has 1 aliphatic rings. The number of aliphatic hydroxyl groups is 1. The largest absolute Gasteiger partial charge is 0.394 e. The molecule has 0 saturated carbocycles. The van der Waals surface area contributed by atoms with Crippen LogP contribution in [0.25, 0.3) is 0 Å². The Morgan fingerprint density at radius 3 is 2.89 bits per heavy atom. The quantitative estimate of drug-likeness (QED) is 0.894. The highest BCUT2D eigenvalue weighted by molar-refractivity contribution is 6.31. The second-order valence-corrected chi connectivity index (χ2v) is 5.39. The van der Waals surface area contributed by atoms with Gasteiger partial charge in [0.15, 0.2) is 0 Å². The second kappa shape index (κ2) is 5.29. The lowest BCUT2D eigenvalue weighted by Crippen LogP contribution is -2.39. The molecule has 18 heavy (non-hydrogen) atoms. The fourth-order valence-electron chi connectivity index (χ4n) is 2.43. The Kier molecular flexibility index (Phi) is 3.93. The van der Waals surface area contributed by atoms with Crippen LogP contribution in [0.5, 0.6) is 0 Å². The van der Waals surface area contributed by atoms with Crippen LogP contribution in [0.4, 0.5) is 0 Å². The van der Waals surface area contributed by atoms with Crippen LogP contribution in [0.3, 0.4) is 0 Å². The number of likely N-dealkylation sites (tertiary alicyclic amines) is 1. The number of aliphatic hydroxyl groups excluding tert-OH is 1. The smallest absolute Gasteiger partial charge is 0.254 e. The average molecular weight is 268 g/mol. The number of aryl methyl sites for hydroxylation is 1. The number of carbonyl (C=O) groups excluding carboxylic acids is 1. The number of carbonyl (C=O) groups is 1. The summed E-state index contributed by atoms with van der Waals surface area (Å²) in [6.45, 7) is 4.70. The molecule has 1 saturated heterocycles. The molecule has 1 aromatic carbocycles. The summed E-state index contributed by atoms with van der Waals surface area (Å²) in [5.41, 5.74) is 1.56. The van der Waals surface area contributed by atoms with Crippen molar-refractivity contribution in [1.29, 1.82) is 0 Å². The molecule has 0 spiro atoms. The van der Waals surface area contributed by atoms with E-state index in [1.54, 1.807) is 17.0 Å². The van der Waals surface area contributed by atoms with Crippen molar-refractivity contribution in [1.82, 2.24) is 4.90 Å². The zero-order valence-electron chi connectivity index (χ0n) is 10.7. The summed E-state index contributed by atoms with van der Waals surface area (Å²) in [6.07, 6.45) is 0.941. The number of rotatable bonds is 2. The molecule has 1 N–H and O–H groups in total. The molecule has 0 bridgehead atoms. The molecule has 1 fully saturated rings. The Hall–Kier alpha value is -1.06. The topological polar surface area (TPSA) is 40.5 Å². The van der Waals surface area contributed by atoms with E-state index in [0.717, 1.165) is 12.0 Å². The fraction of sp³-hybridized carbons (Fsp3) is 0.500. The van der Waals surface area contributed by atoms with Gasteiger partial charge in [0.05, 0.1) is 12.6 Å². The van der Waals surface area contributed by atoms with Crippen LogP contribution < -0.4 is 0 Å². The molecular weight excluding hydrogens is 250 g/mol. The van der Waals surface area contributed by atoms with Gasteiger partial charge in [0.25, 0.3) is 5.91 Å². The molecule has 0 aliphatic carbocycles. The third-order valence-corrected chi connectivity index (χ3v) is 4.16. The number of amides is 1. The lowest BCUT2D eigenvalue weighted by Gasteiger charge is -2.25. The van der Waals surface area contributed by atoms with Gasteiger partial charge in [0.2, 0.25) is 0 Å². The monoisotopic (exact) mass is 267 g/mol. The van der Waals surface area contributed by atoms with Gasteiger partial charge in [-0.15, -0.1) is 0 Å². The Morgan fingerprint density at radius 2 is 2.28 bits per heavy atom. The van der Waals surface area contributed by atoms with Crippen LogP contribution in [0.15, 0.2) is 18.2 Å². The normalized spacial score (nSPS) is 23.4. The fourth-order valence-corrected chi connectivity index (χ4v) is 2.61. The third-order valence-electron chi connectivity index (χ3n) is 3.75. The molecule has 1 amide bonds. The minimum atomic E-state index is -0.0717. The van der Waals surface area contributed by atoms with Gasteiger partial charge in [-0.3, -0.25) is 4.79 Å². The molecule has 0 aromatic heterocycles. The number of nitrogens with zero attached hydrogens (tertiary/aromatic N) is 1. The Bertz CT molecular complexity index is 461. The van der Waals surface area contributed by atoms with Gasteiger partial charge >= 0.3 is 0 Å². The average Bonchev–Trinajstić information content (AvgIpc) is 2.73. The zero-order valence-corrected chi connectivity index (χ0v) is 11.4. The molecule has 98 valence electrons. The summed E-state index contributed by atoms with van der Waals surface area (Å²) in [5, 5.41) is 9.99. The van der Waals surface area contributed by atoms with Crippen molar-refractivity contribution < 1.29 is 9.90 Å². The number of hydrogen-bond acceptors (Lipinski definition) is 2. The number of benzene rings is 1. The summed E-state index contributed by atoms with van der Waals surface area (Å²) in [4.78, 5) is 14.1. The van der Waals surface area contributed by atoms with Crippen LogP contribution >= 0.6 is 11.6 Å². The van der Waals surface area contributed by atoms with Crippen molar-refractivity contribution in [3.05, 3.63) is 34.3 Å². The minimum absolute atomic E-state index is 0.0203. The van der Waals surface area contributed by atoms with Gasteiger partial charge in [0, 0.05) is 17.1 Å². The predicted molar refractivity (Wildman–Crippen MR) is 71.9 cm³/mol. The summed E-state index contributed by atoms with van der Waals surface area (Å²) in [7, 11) is 0. The number of halogens is 1. The van der Waals surface area contributed by atoms with Gasteiger partial charge in [-0.1, -0.05) is 24.6 Å². The molecule has 1 heterocycles. The molecule has 4 heteroatoms. The van der Waals surface area contributed by atoms with Crippen molar-refractivity contribution in [2.24, 2.45) is 5.92 Å². The first-order chi connectivity index (χ1) is 8.54. The van der Waals surface area contributed by atoms with Crippen LogP contribution in [0.1, 0.15) is 29.3 Å². The molecule has 2 rings (SSSR count). The molecule has 1 aromatic rings. The Balaban J connectivity index is 2.23. The maximum Gasteiger partial charge on any atom is 0.254 e. The van der Waals surface area contributed by atoms with E-state index in [1.807, 2.05) is 13.0 Å². The van der Waals surface area contributed by atoms with Crippen molar-refractivity contribution in [3.63, 3.8) is 0 Å². The second-order valence-electron chi connectivity index (χ2n) is 4.98. The van der Waals surface area contributed by atoms with E-state index in [4.69, 9.17) is 11.6 Å². The number of hydrogen-bond donors (Lipinski definition) is 1. The standard InChI is InChI=1S/C14H18ClNO2/c1-9-3-4-11(7-12(9)15)14(18)16-6-5-10(2)13(16)8-17/h3-4,7,10,13,17H,5-6,8H2,1-2H3. The Labute approximate surface area is 112 Å². The highest BCUT2D eigenvalue weighted by Gasteiger charge is 2.34. The van der Waals surface area contributed by atoms with Crippen LogP contribution in [-0.2, 0) is 0 Å². The lowest BCUT2D eigenvalue weighted by atomic mass is 10.0. The minimum Gasteiger partial charge on any atom is -0.394 e. The van der Waals surface area contributed by atoms with Crippen LogP contribution in [0, 0.1) is 12.8 Å². The van der Waals surface area contributed by atoms with Crippen molar-refractivity contribution in [2.75, 3.05) is 13.2 Å². The maximum absolute atomic E-state index is 12.4. The molecule has 2 unspecified atom stereocenters. The van der Waals surface area contributed by atoms with Crippen molar-refractivity contribution in [2.45, 2.75) is 26.3 Å². The summed E-state index contributed by atoms with van der Waals surface area (Å²) in [5.74, 6) is 0.306. The SMILES string of the molecule is Cc1ccc(C(=O)N2CCC(C)C2CO)cc1Cl. The lowest BCUT2D eigenvalue weighted by molar-refractivity contribution is 0.0648. The first-order valence-electron chi connectivity index (χ1n) is 6.22. The molecular formula is C14H18ClNO2. The van der Waals surface area contributed by atoms with Gasteiger partial charge in [-0.25, -0.2) is 0 Å². The molecule has 1 aliphatic heterocycles. The van der Waals surface area contributed by atoms with Gasteiger partial charge in [0.1, 0.15) is 0 Å². The molecule has 2 atom stereocenters. The van der Waals surface area contributed by atoms with E-state index in [-0.39, 0.29) is 18.6 Å². The summed E-state index contributed by atoms with van der Waals surface area (Å²) < 4.78 is 0. The van der Waals surface area contributed by atoms with Crippen molar-refractivity contribution >= 4 is 17.5 Å². The van der Waals surface area contributed by atoms with Gasteiger partial charge in [-0.05, 0) is 37.0 Å².